The molecule has 1 aliphatic rings. The minimum absolute atomic E-state index is 0.814. The number of hydrogen-bond acceptors (Lipinski definition) is 2. The van der Waals surface area contributed by atoms with Crippen molar-refractivity contribution in [2.45, 2.75) is 84.1 Å². The zero-order chi connectivity index (χ0) is 13.8. The van der Waals surface area contributed by atoms with E-state index in [9.17, 15) is 0 Å². The fourth-order valence-corrected chi connectivity index (χ4v) is 4.46. The topological polar surface area (TPSA) is 12.0 Å². The third-order valence-corrected chi connectivity index (χ3v) is 5.54. The van der Waals surface area contributed by atoms with Gasteiger partial charge in [-0.3, -0.25) is 0 Å². The van der Waals surface area contributed by atoms with Crippen LogP contribution in [0, 0.1) is 5.92 Å². The van der Waals surface area contributed by atoms with Crippen LogP contribution >= 0.6 is 11.8 Å². The summed E-state index contributed by atoms with van der Waals surface area (Å²) < 4.78 is 0. The first-order valence-electron chi connectivity index (χ1n) is 8.69. The molecule has 2 unspecified atom stereocenters. The number of thioether (sulfide) groups is 1. The molecule has 1 fully saturated rings. The summed E-state index contributed by atoms with van der Waals surface area (Å²) in [5, 5.41) is 3.74. The van der Waals surface area contributed by atoms with Crippen molar-refractivity contribution in [1.82, 2.24) is 5.32 Å². The van der Waals surface area contributed by atoms with Crippen molar-refractivity contribution in [1.29, 1.82) is 0 Å². The van der Waals surface area contributed by atoms with Gasteiger partial charge in [-0.05, 0) is 31.1 Å². The summed E-state index contributed by atoms with van der Waals surface area (Å²) in [4.78, 5) is 0. The Morgan fingerprint density at radius 3 is 2.21 bits per heavy atom. The summed E-state index contributed by atoms with van der Waals surface area (Å²) in [6.45, 7) is 5.77. The highest BCUT2D eigenvalue weighted by Gasteiger charge is 2.26. The van der Waals surface area contributed by atoms with Crippen molar-refractivity contribution < 1.29 is 0 Å². The highest BCUT2D eigenvalue weighted by molar-refractivity contribution is 7.99. The van der Waals surface area contributed by atoms with Gasteiger partial charge >= 0.3 is 0 Å². The molecule has 0 aliphatic carbocycles. The van der Waals surface area contributed by atoms with Gasteiger partial charge in [-0.15, -0.1) is 0 Å². The number of rotatable bonds is 12. The van der Waals surface area contributed by atoms with E-state index in [1.807, 2.05) is 0 Å². The van der Waals surface area contributed by atoms with E-state index >= 15 is 0 Å². The minimum Gasteiger partial charge on any atom is -0.313 e. The molecule has 114 valence electrons. The number of unbranched alkanes of at least 4 members (excludes halogenated alkanes) is 7. The molecule has 2 heteroatoms. The van der Waals surface area contributed by atoms with Crippen LogP contribution in [0.25, 0.3) is 0 Å². The van der Waals surface area contributed by atoms with Crippen molar-refractivity contribution in [2.24, 2.45) is 5.92 Å². The highest BCUT2D eigenvalue weighted by atomic mass is 32.2. The maximum Gasteiger partial charge on any atom is 0.0194 e. The van der Waals surface area contributed by atoms with Crippen LogP contribution in [0.3, 0.4) is 0 Å². The van der Waals surface area contributed by atoms with E-state index in [1.165, 1.54) is 82.3 Å². The fourth-order valence-electron chi connectivity index (χ4n) is 2.98. The Hall–Kier alpha value is 0.310. The minimum atomic E-state index is 0.814. The average Bonchev–Trinajstić information content (AvgIpc) is 2.87. The molecule has 1 nitrogen and oxygen atoms in total. The molecule has 0 spiro atoms. The number of hydrogen-bond donors (Lipinski definition) is 1. The molecular formula is C17H35NS. The first-order chi connectivity index (χ1) is 9.38. The van der Waals surface area contributed by atoms with Crippen LogP contribution in [0.4, 0.5) is 0 Å². The Labute approximate surface area is 125 Å². The van der Waals surface area contributed by atoms with Crippen molar-refractivity contribution in [3.05, 3.63) is 0 Å². The molecule has 0 aromatic heterocycles. The molecule has 1 aliphatic heterocycles. The predicted octanol–water partition coefficient (Wildman–Crippen LogP) is 5.25. The standard InChI is InChI=1S/C17H35NS/c1-3-5-6-7-8-9-10-11-12-16-14-19-15-17(16)18-13-4-2/h16-18H,3-15H2,1-2H3. The highest BCUT2D eigenvalue weighted by Crippen LogP contribution is 2.28. The Morgan fingerprint density at radius 1 is 0.842 bits per heavy atom. The third kappa shape index (κ3) is 8.24. The second-order valence-corrected chi connectivity index (χ2v) is 7.20. The van der Waals surface area contributed by atoms with Crippen LogP contribution in [0.5, 0.6) is 0 Å². The zero-order valence-electron chi connectivity index (χ0n) is 13.3. The fraction of sp³-hybridized carbons (Fsp3) is 1.00. The summed E-state index contributed by atoms with van der Waals surface area (Å²) >= 11 is 2.16. The van der Waals surface area contributed by atoms with E-state index in [4.69, 9.17) is 0 Å². The molecule has 0 aromatic carbocycles. The largest absolute Gasteiger partial charge is 0.313 e. The van der Waals surface area contributed by atoms with Crippen molar-refractivity contribution in [2.75, 3.05) is 18.1 Å². The molecule has 2 atom stereocenters. The van der Waals surface area contributed by atoms with Gasteiger partial charge in [0.1, 0.15) is 0 Å². The Kier molecular flexibility index (Phi) is 11.0. The lowest BCUT2D eigenvalue weighted by atomic mass is 9.95. The molecule has 0 radical (unpaired) electrons. The SMILES string of the molecule is CCCCCCCCCCC1CSCC1NCCC. The van der Waals surface area contributed by atoms with Crippen LogP contribution < -0.4 is 5.32 Å². The van der Waals surface area contributed by atoms with Gasteiger partial charge in [-0.1, -0.05) is 65.2 Å². The van der Waals surface area contributed by atoms with Crippen LogP contribution in [0.1, 0.15) is 78.1 Å². The van der Waals surface area contributed by atoms with Gasteiger partial charge in [0.05, 0.1) is 0 Å². The molecule has 19 heavy (non-hydrogen) atoms. The second-order valence-electron chi connectivity index (χ2n) is 6.12. The molecule has 1 rings (SSSR count). The first kappa shape index (κ1) is 17.4. The predicted molar refractivity (Wildman–Crippen MR) is 90.1 cm³/mol. The lowest BCUT2D eigenvalue weighted by molar-refractivity contribution is 0.389. The summed E-state index contributed by atoms with van der Waals surface area (Å²) in [5.41, 5.74) is 0. The van der Waals surface area contributed by atoms with Crippen LogP contribution in [0.15, 0.2) is 0 Å². The zero-order valence-corrected chi connectivity index (χ0v) is 14.1. The van der Waals surface area contributed by atoms with Crippen LogP contribution in [-0.4, -0.2) is 24.1 Å². The molecule has 0 aromatic rings. The summed E-state index contributed by atoms with van der Waals surface area (Å²) in [5.74, 6) is 3.70. The van der Waals surface area contributed by atoms with Crippen LogP contribution in [-0.2, 0) is 0 Å². The second kappa shape index (κ2) is 12.1. The lowest BCUT2D eigenvalue weighted by Gasteiger charge is -2.19. The van der Waals surface area contributed by atoms with Gasteiger partial charge in [0.2, 0.25) is 0 Å². The first-order valence-corrected chi connectivity index (χ1v) is 9.85. The van der Waals surface area contributed by atoms with Crippen molar-refractivity contribution in [3.63, 3.8) is 0 Å². The number of nitrogens with one attached hydrogen (secondary N) is 1. The molecule has 0 saturated carbocycles. The summed E-state index contributed by atoms with van der Waals surface area (Å²) in [7, 11) is 0. The van der Waals surface area contributed by atoms with E-state index in [1.54, 1.807) is 0 Å². The summed E-state index contributed by atoms with van der Waals surface area (Å²) in [6.07, 6.45) is 14.3. The van der Waals surface area contributed by atoms with E-state index in [0.717, 1.165) is 12.0 Å². The lowest BCUT2D eigenvalue weighted by Crippen LogP contribution is -2.35. The maximum absolute atomic E-state index is 3.74. The Balaban J connectivity index is 1.93. The molecule has 0 bridgehead atoms. The van der Waals surface area contributed by atoms with Gasteiger partial charge in [0, 0.05) is 11.8 Å². The maximum atomic E-state index is 3.74. The molecule has 1 N–H and O–H groups in total. The van der Waals surface area contributed by atoms with Crippen molar-refractivity contribution in [3.8, 4) is 0 Å². The van der Waals surface area contributed by atoms with Crippen molar-refractivity contribution >= 4 is 11.8 Å². The van der Waals surface area contributed by atoms with Crippen LogP contribution in [0.2, 0.25) is 0 Å². The molecule has 1 saturated heterocycles. The Bertz CT molecular complexity index is 196. The smallest absolute Gasteiger partial charge is 0.0194 e. The van der Waals surface area contributed by atoms with E-state index in [-0.39, 0.29) is 0 Å². The van der Waals surface area contributed by atoms with Gasteiger partial charge in [0.15, 0.2) is 0 Å². The van der Waals surface area contributed by atoms with Gasteiger partial charge in [-0.2, -0.15) is 11.8 Å². The molecular weight excluding hydrogens is 250 g/mol. The normalized spacial score (nSPS) is 23.1. The van der Waals surface area contributed by atoms with Gasteiger partial charge < -0.3 is 5.32 Å². The quantitative estimate of drug-likeness (QED) is 0.492. The van der Waals surface area contributed by atoms with E-state index < -0.39 is 0 Å². The molecule has 0 amide bonds. The summed E-state index contributed by atoms with van der Waals surface area (Å²) in [6, 6.07) is 0.814. The third-order valence-electron chi connectivity index (χ3n) is 4.28. The Morgan fingerprint density at radius 2 is 1.53 bits per heavy atom. The molecule has 1 heterocycles. The monoisotopic (exact) mass is 285 g/mol. The van der Waals surface area contributed by atoms with E-state index in [0.29, 0.717) is 0 Å². The van der Waals surface area contributed by atoms with Gasteiger partial charge in [-0.25, -0.2) is 0 Å². The van der Waals surface area contributed by atoms with Gasteiger partial charge in [0.25, 0.3) is 0 Å². The van der Waals surface area contributed by atoms with E-state index in [2.05, 4.69) is 30.9 Å². The average molecular weight is 286 g/mol.